The minimum atomic E-state index is -4.48. The third kappa shape index (κ3) is 5.95. The van der Waals surface area contributed by atoms with Crippen LogP contribution in [0, 0.1) is 16.6 Å². The van der Waals surface area contributed by atoms with Gasteiger partial charge in [0.2, 0.25) is 10.0 Å². The number of benzene rings is 2. The van der Waals surface area contributed by atoms with Gasteiger partial charge in [0.25, 0.3) is 0 Å². The fourth-order valence-electron chi connectivity index (χ4n) is 5.98. The minimum absolute atomic E-state index is 0.0405. The van der Waals surface area contributed by atoms with E-state index in [4.69, 9.17) is 9.47 Å². The number of rotatable bonds is 9. The lowest BCUT2D eigenvalue weighted by Crippen LogP contribution is -2.53. The molecule has 0 amide bonds. The highest BCUT2D eigenvalue weighted by Crippen LogP contribution is 2.65. The molecular weight excluding hydrogens is 612 g/mol. The summed E-state index contributed by atoms with van der Waals surface area (Å²) in [6, 6.07) is 7.33. The van der Waals surface area contributed by atoms with E-state index in [0.717, 1.165) is 17.1 Å². The Morgan fingerprint density at radius 1 is 1.16 bits per heavy atom. The van der Waals surface area contributed by atoms with Crippen molar-refractivity contribution in [2.45, 2.75) is 65.8 Å². The van der Waals surface area contributed by atoms with Crippen molar-refractivity contribution < 1.29 is 45.4 Å². The van der Waals surface area contributed by atoms with Gasteiger partial charge in [-0.3, -0.25) is 4.79 Å². The predicted molar refractivity (Wildman–Crippen MR) is 151 cm³/mol. The second-order valence-electron chi connectivity index (χ2n) is 12.2. The van der Waals surface area contributed by atoms with E-state index in [9.17, 15) is 35.9 Å². The third-order valence-electron chi connectivity index (χ3n) is 9.07. The Morgan fingerprint density at radius 3 is 2.40 bits per heavy atom. The molecule has 8 nitrogen and oxygen atoms in total. The summed E-state index contributed by atoms with van der Waals surface area (Å²) in [7, 11) is -3.08. The number of alkyl halides is 3. The number of sulfonamides is 1. The van der Waals surface area contributed by atoms with Gasteiger partial charge in [-0.2, -0.15) is 17.5 Å². The summed E-state index contributed by atoms with van der Waals surface area (Å²) in [5.74, 6) is -1.40. The van der Waals surface area contributed by atoms with E-state index in [2.05, 4.69) is 0 Å². The zero-order valence-electron chi connectivity index (χ0n) is 23.4. The molecule has 2 aromatic carbocycles. The second-order valence-corrected chi connectivity index (χ2v) is 15.5. The number of thioether (sulfide) groups is 1. The van der Waals surface area contributed by atoms with Crippen molar-refractivity contribution in [2.24, 2.45) is 10.8 Å². The molecule has 1 spiro atoms. The fraction of sp³-hybridized carbons (Fsp3) is 0.552. The van der Waals surface area contributed by atoms with E-state index in [1.165, 1.54) is 62.0 Å². The number of nitrogens with zero attached hydrogens (tertiary/aromatic N) is 2. The average Bonchev–Trinajstić information content (AvgIpc) is 3.69. The summed E-state index contributed by atoms with van der Waals surface area (Å²) in [6.07, 6.45) is -1.76. The number of halogens is 4. The number of aliphatic carboxylic acids is 1. The molecule has 4 aliphatic rings. The van der Waals surface area contributed by atoms with Crippen LogP contribution in [0.15, 0.2) is 46.2 Å². The molecule has 14 heteroatoms. The zero-order valence-corrected chi connectivity index (χ0v) is 25.0. The number of ether oxygens (including phenoxy) is 2. The molecule has 2 heterocycles. The summed E-state index contributed by atoms with van der Waals surface area (Å²) in [6.45, 7) is -0.419. The van der Waals surface area contributed by atoms with Crippen LogP contribution in [0.3, 0.4) is 0 Å². The Hall–Kier alpha value is -2.55. The van der Waals surface area contributed by atoms with E-state index in [0.29, 0.717) is 16.0 Å². The van der Waals surface area contributed by atoms with Gasteiger partial charge < -0.3 is 19.5 Å². The van der Waals surface area contributed by atoms with Crippen LogP contribution < -0.4 is 9.64 Å². The average molecular weight is 645 g/mol. The topological polar surface area (TPSA) is 96.4 Å². The molecular formula is C29H32F4N2O6S2. The van der Waals surface area contributed by atoms with Crippen LogP contribution in [0.1, 0.15) is 38.5 Å². The van der Waals surface area contributed by atoms with E-state index < -0.39 is 52.3 Å². The molecule has 1 N–H and O–H groups in total. The predicted octanol–water partition coefficient (Wildman–Crippen LogP) is 5.82. The van der Waals surface area contributed by atoms with Crippen LogP contribution >= 0.6 is 11.8 Å². The van der Waals surface area contributed by atoms with E-state index in [1.54, 1.807) is 11.0 Å². The van der Waals surface area contributed by atoms with Crippen LogP contribution in [0.25, 0.3) is 0 Å². The lowest BCUT2D eigenvalue weighted by molar-refractivity contribution is -0.185. The van der Waals surface area contributed by atoms with E-state index in [-0.39, 0.29) is 47.9 Å². The van der Waals surface area contributed by atoms with Crippen molar-refractivity contribution in [3.8, 4) is 5.75 Å². The second kappa shape index (κ2) is 10.8. The van der Waals surface area contributed by atoms with Crippen LogP contribution in [-0.2, 0) is 19.6 Å². The summed E-state index contributed by atoms with van der Waals surface area (Å²) in [5, 5.41) is 10.0. The number of fused-ring (bicyclic) bond motifs is 1. The number of hydrogen-bond donors (Lipinski definition) is 1. The maximum atomic E-state index is 14.0. The summed E-state index contributed by atoms with van der Waals surface area (Å²) in [5.41, 5.74) is -0.212. The lowest BCUT2D eigenvalue weighted by Gasteiger charge is -2.38. The molecule has 1 saturated heterocycles. The van der Waals surface area contributed by atoms with Crippen LogP contribution in [0.5, 0.6) is 5.75 Å². The number of carbonyl (C=O) groups is 1. The standard InChI is InChI=1S/C29H32F4N2O6S2/c1-34-20(6-7-29(31,32)33)14-35(19-4-2-18(30)3-5-19)22-10-24(42-21-12-27(13-21)8-9-27)23(11-25(22)43(34,38)39)41-17-28(26(36)37)15-40-16-28/h2-5,10-11,20-21H,6-9,12-17H2,1H3,(H,36,37)/t20-/m0/s1. The van der Waals surface area contributed by atoms with Crippen LogP contribution in [-0.4, -0.2) is 74.7 Å². The molecule has 234 valence electrons. The lowest BCUT2D eigenvalue weighted by atomic mass is 9.81. The molecule has 3 fully saturated rings. The SMILES string of the molecule is CN1[C@@H](CCC(F)(F)F)CN(c2ccc(F)cc2)c2cc(SC3CC4(CC4)C3)c(OCC3(C(=O)O)COC3)cc2S1(=O)=O. The molecule has 43 heavy (non-hydrogen) atoms. The van der Waals surface area contributed by atoms with Crippen molar-refractivity contribution in [3.05, 3.63) is 42.2 Å². The summed E-state index contributed by atoms with van der Waals surface area (Å²) < 4.78 is 93.8. The van der Waals surface area contributed by atoms with Gasteiger partial charge in [-0.05, 0) is 67.9 Å². The van der Waals surface area contributed by atoms with Gasteiger partial charge in [-0.1, -0.05) is 0 Å². The van der Waals surface area contributed by atoms with E-state index in [1.807, 2.05) is 0 Å². The third-order valence-corrected chi connectivity index (χ3v) is 12.2. The van der Waals surface area contributed by atoms with Gasteiger partial charge in [0.05, 0.1) is 23.8 Å². The Labute approximate surface area is 251 Å². The fourth-order valence-corrected chi connectivity index (χ4v) is 9.20. The Morgan fingerprint density at radius 2 is 1.84 bits per heavy atom. The van der Waals surface area contributed by atoms with Crippen LogP contribution in [0.2, 0.25) is 0 Å². The monoisotopic (exact) mass is 644 g/mol. The first-order chi connectivity index (χ1) is 20.2. The molecule has 2 aromatic rings. The summed E-state index contributed by atoms with van der Waals surface area (Å²) >= 11 is 1.53. The van der Waals surface area contributed by atoms with Crippen molar-refractivity contribution >= 4 is 39.1 Å². The first kappa shape index (κ1) is 30.5. The maximum Gasteiger partial charge on any atom is 0.389 e. The number of anilines is 2. The maximum absolute atomic E-state index is 14.0. The molecule has 6 rings (SSSR count). The van der Waals surface area contributed by atoms with Gasteiger partial charge in [0, 0.05) is 43.1 Å². The smallest absolute Gasteiger partial charge is 0.389 e. The number of carboxylic acid groups (broad SMARTS) is 1. The Bertz CT molecular complexity index is 1500. The number of carboxylic acids is 1. The van der Waals surface area contributed by atoms with Crippen molar-refractivity contribution in [2.75, 3.05) is 38.3 Å². The van der Waals surface area contributed by atoms with Gasteiger partial charge >= 0.3 is 12.1 Å². The highest BCUT2D eigenvalue weighted by atomic mass is 32.2. The van der Waals surface area contributed by atoms with Gasteiger partial charge in [-0.25, -0.2) is 12.8 Å². The molecule has 0 radical (unpaired) electrons. The number of likely N-dealkylation sites (N-methyl/N-ethyl adjacent to an activating group) is 1. The van der Waals surface area contributed by atoms with Crippen LogP contribution in [0.4, 0.5) is 28.9 Å². The van der Waals surface area contributed by atoms with Gasteiger partial charge in [0.15, 0.2) is 0 Å². The first-order valence-electron chi connectivity index (χ1n) is 14.1. The van der Waals surface area contributed by atoms with Gasteiger partial charge in [0.1, 0.15) is 28.5 Å². The molecule has 1 atom stereocenters. The van der Waals surface area contributed by atoms with Crippen molar-refractivity contribution in [1.82, 2.24) is 4.31 Å². The quantitative estimate of drug-likeness (QED) is 0.341. The first-order valence-corrected chi connectivity index (χ1v) is 16.4. The normalized spacial score (nSPS) is 24.0. The van der Waals surface area contributed by atoms with E-state index >= 15 is 0 Å². The van der Waals surface area contributed by atoms with Crippen molar-refractivity contribution in [1.29, 1.82) is 0 Å². The minimum Gasteiger partial charge on any atom is -0.491 e. The molecule has 2 aliphatic heterocycles. The number of hydrogen-bond acceptors (Lipinski definition) is 7. The molecule has 0 bridgehead atoms. The Kier molecular flexibility index (Phi) is 7.66. The summed E-state index contributed by atoms with van der Waals surface area (Å²) in [4.78, 5) is 14.0. The molecule has 0 aromatic heterocycles. The Balaban J connectivity index is 1.43. The highest BCUT2D eigenvalue weighted by molar-refractivity contribution is 8.00. The zero-order chi connectivity index (χ0) is 30.8. The van der Waals surface area contributed by atoms with Crippen molar-refractivity contribution in [3.63, 3.8) is 0 Å². The molecule has 2 saturated carbocycles. The molecule has 0 unspecified atom stereocenters. The largest absolute Gasteiger partial charge is 0.491 e. The molecule has 2 aliphatic carbocycles. The highest BCUT2D eigenvalue weighted by Gasteiger charge is 2.53. The van der Waals surface area contributed by atoms with Gasteiger partial charge in [-0.15, -0.1) is 11.8 Å².